The second-order valence-electron chi connectivity index (χ2n) is 4.49. The molecule has 1 aliphatic rings. The van der Waals surface area contributed by atoms with Crippen LogP contribution in [0, 0.1) is 0 Å². The van der Waals surface area contributed by atoms with Crippen LogP contribution >= 0.6 is 11.8 Å². The van der Waals surface area contributed by atoms with Gasteiger partial charge in [0.2, 0.25) is 0 Å². The van der Waals surface area contributed by atoms with E-state index in [2.05, 4.69) is 10.6 Å². The number of rotatable bonds is 5. The number of ether oxygens (including phenoxy) is 1. The fourth-order valence-electron chi connectivity index (χ4n) is 1.76. The molecule has 0 saturated carbocycles. The minimum Gasteiger partial charge on any atom is -0.487 e. The van der Waals surface area contributed by atoms with E-state index in [1.807, 2.05) is 6.92 Å². The van der Waals surface area contributed by atoms with Crippen LogP contribution in [-0.4, -0.2) is 30.7 Å². The Bertz CT molecular complexity index is 558. The molecule has 2 N–H and O–H groups in total. The summed E-state index contributed by atoms with van der Waals surface area (Å²) in [6, 6.07) is 6.85. The van der Waals surface area contributed by atoms with E-state index in [-0.39, 0.29) is 11.8 Å². The van der Waals surface area contributed by atoms with Crippen molar-refractivity contribution in [1.82, 2.24) is 5.32 Å². The third-order valence-electron chi connectivity index (χ3n) is 2.79. The Morgan fingerprint density at radius 2 is 2.19 bits per heavy atom. The van der Waals surface area contributed by atoms with E-state index in [4.69, 9.17) is 4.74 Å². The average Bonchev–Trinajstić information content (AvgIpc) is 2.53. The Morgan fingerprint density at radius 1 is 1.33 bits per heavy atom. The Balaban J connectivity index is 2.02. The maximum absolute atomic E-state index is 12.0. The van der Waals surface area contributed by atoms with Gasteiger partial charge in [-0.25, -0.2) is 0 Å². The van der Waals surface area contributed by atoms with Crippen LogP contribution < -0.4 is 10.6 Å². The predicted molar refractivity (Wildman–Crippen MR) is 84.2 cm³/mol. The molecule has 2 amide bonds. The molecular weight excluding hydrogens is 288 g/mol. The first-order valence-corrected chi connectivity index (χ1v) is 7.89. The van der Waals surface area contributed by atoms with Gasteiger partial charge in [-0.1, -0.05) is 13.0 Å². The molecule has 0 atom stereocenters. The van der Waals surface area contributed by atoms with Crippen molar-refractivity contribution in [2.24, 2.45) is 0 Å². The van der Waals surface area contributed by atoms with E-state index in [1.54, 1.807) is 41.4 Å². The summed E-state index contributed by atoms with van der Waals surface area (Å²) in [4.78, 5) is 23.9. The lowest BCUT2D eigenvalue weighted by Crippen LogP contribution is -2.24. The maximum atomic E-state index is 12.0. The van der Waals surface area contributed by atoms with Crippen molar-refractivity contribution < 1.29 is 14.3 Å². The van der Waals surface area contributed by atoms with Gasteiger partial charge < -0.3 is 15.4 Å². The van der Waals surface area contributed by atoms with Crippen LogP contribution in [0.3, 0.4) is 0 Å². The lowest BCUT2D eigenvalue weighted by Gasteiger charge is -2.14. The van der Waals surface area contributed by atoms with Gasteiger partial charge in [0.05, 0.1) is 6.61 Å². The molecule has 0 unspecified atom stereocenters. The van der Waals surface area contributed by atoms with Crippen molar-refractivity contribution in [1.29, 1.82) is 0 Å². The summed E-state index contributed by atoms with van der Waals surface area (Å²) in [6.45, 7) is 3.16. The topological polar surface area (TPSA) is 67.4 Å². The molecule has 1 aliphatic heterocycles. The van der Waals surface area contributed by atoms with Crippen LogP contribution in [-0.2, 0) is 9.53 Å². The zero-order chi connectivity index (χ0) is 15.1. The second kappa shape index (κ2) is 7.73. The second-order valence-corrected chi connectivity index (χ2v) is 5.47. The van der Waals surface area contributed by atoms with Crippen LogP contribution in [0.4, 0.5) is 5.69 Å². The van der Waals surface area contributed by atoms with Gasteiger partial charge in [-0.05, 0) is 24.6 Å². The molecule has 6 heteroatoms. The average molecular weight is 306 g/mol. The largest absolute Gasteiger partial charge is 0.487 e. The van der Waals surface area contributed by atoms with E-state index >= 15 is 0 Å². The van der Waals surface area contributed by atoms with Gasteiger partial charge >= 0.3 is 0 Å². The number of anilines is 1. The van der Waals surface area contributed by atoms with E-state index in [0.717, 1.165) is 12.2 Å². The number of hydrogen-bond acceptors (Lipinski definition) is 4. The first kappa shape index (κ1) is 15.4. The van der Waals surface area contributed by atoms with Crippen molar-refractivity contribution in [3.63, 3.8) is 0 Å². The van der Waals surface area contributed by atoms with Crippen molar-refractivity contribution in [3.05, 3.63) is 41.0 Å². The molecule has 5 nitrogen and oxygen atoms in total. The monoisotopic (exact) mass is 306 g/mol. The van der Waals surface area contributed by atoms with Crippen molar-refractivity contribution in [2.45, 2.75) is 13.3 Å². The quantitative estimate of drug-likeness (QED) is 0.876. The standard InChI is InChI=1S/C15H18N2O3S/c1-2-6-16-14(18)11-4-3-5-12(9-11)17-15(19)13-10-21-8-7-20-13/h3-5,9-10H,2,6-8H2,1H3,(H,16,18)(H,17,19). The number of benzene rings is 1. The van der Waals surface area contributed by atoms with E-state index in [9.17, 15) is 9.59 Å². The van der Waals surface area contributed by atoms with Gasteiger partial charge in [0.25, 0.3) is 11.8 Å². The Morgan fingerprint density at radius 3 is 2.90 bits per heavy atom. The fourth-order valence-corrected chi connectivity index (χ4v) is 2.38. The first-order valence-electron chi connectivity index (χ1n) is 6.85. The normalized spacial score (nSPS) is 13.9. The zero-order valence-electron chi connectivity index (χ0n) is 11.8. The highest BCUT2D eigenvalue weighted by atomic mass is 32.2. The lowest BCUT2D eigenvalue weighted by molar-refractivity contribution is -0.116. The summed E-state index contributed by atoms with van der Waals surface area (Å²) in [7, 11) is 0. The maximum Gasteiger partial charge on any atom is 0.291 e. The number of carbonyl (C=O) groups is 2. The van der Waals surface area contributed by atoms with Crippen LogP contribution in [0.15, 0.2) is 35.4 Å². The number of nitrogens with one attached hydrogen (secondary N) is 2. The highest BCUT2D eigenvalue weighted by Gasteiger charge is 2.15. The minimum atomic E-state index is -0.298. The van der Waals surface area contributed by atoms with Crippen LogP contribution in [0.25, 0.3) is 0 Å². The molecule has 112 valence electrons. The highest BCUT2D eigenvalue weighted by molar-refractivity contribution is 8.02. The molecule has 0 spiro atoms. The number of amides is 2. The molecule has 2 rings (SSSR count). The number of hydrogen-bond donors (Lipinski definition) is 2. The van der Waals surface area contributed by atoms with Gasteiger partial charge in [0.15, 0.2) is 5.76 Å². The molecule has 0 aliphatic carbocycles. The summed E-state index contributed by atoms with van der Waals surface area (Å²) in [5.74, 6) is 0.723. The molecule has 1 heterocycles. The third kappa shape index (κ3) is 4.53. The van der Waals surface area contributed by atoms with Crippen molar-refractivity contribution in [2.75, 3.05) is 24.2 Å². The summed E-state index contributed by atoms with van der Waals surface area (Å²) in [6.07, 6.45) is 0.880. The molecule has 0 fully saturated rings. The van der Waals surface area contributed by atoms with Gasteiger partial charge in [-0.2, -0.15) is 0 Å². The van der Waals surface area contributed by atoms with Crippen LogP contribution in [0.1, 0.15) is 23.7 Å². The van der Waals surface area contributed by atoms with Gasteiger partial charge in [0.1, 0.15) is 0 Å². The van der Waals surface area contributed by atoms with Crippen molar-refractivity contribution >= 4 is 29.3 Å². The Kier molecular flexibility index (Phi) is 5.68. The molecule has 21 heavy (non-hydrogen) atoms. The molecular formula is C15H18N2O3S. The number of thioether (sulfide) groups is 1. The molecule has 0 saturated heterocycles. The summed E-state index contributed by atoms with van der Waals surface area (Å²) >= 11 is 1.55. The zero-order valence-corrected chi connectivity index (χ0v) is 12.7. The van der Waals surface area contributed by atoms with E-state index in [0.29, 0.717) is 30.2 Å². The number of carbonyl (C=O) groups excluding carboxylic acids is 2. The lowest BCUT2D eigenvalue weighted by atomic mass is 10.2. The minimum absolute atomic E-state index is 0.142. The molecule has 0 bridgehead atoms. The van der Waals surface area contributed by atoms with Crippen LogP contribution in [0.2, 0.25) is 0 Å². The van der Waals surface area contributed by atoms with Crippen molar-refractivity contribution in [3.8, 4) is 0 Å². The Labute approximate surface area is 128 Å². The van der Waals surface area contributed by atoms with Gasteiger partial charge in [-0.15, -0.1) is 11.8 Å². The third-order valence-corrected chi connectivity index (χ3v) is 3.57. The molecule has 0 radical (unpaired) electrons. The van der Waals surface area contributed by atoms with E-state index in [1.165, 1.54) is 0 Å². The smallest absolute Gasteiger partial charge is 0.291 e. The SMILES string of the molecule is CCCNC(=O)c1cccc(NC(=O)C2=CSCCO2)c1. The first-order chi connectivity index (χ1) is 10.2. The van der Waals surface area contributed by atoms with Crippen LogP contribution in [0.5, 0.6) is 0 Å². The summed E-state index contributed by atoms with van der Waals surface area (Å²) < 4.78 is 5.29. The summed E-state index contributed by atoms with van der Waals surface area (Å²) in [5.41, 5.74) is 1.10. The van der Waals surface area contributed by atoms with Gasteiger partial charge in [0, 0.05) is 29.0 Å². The Hall–Kier alpha value is -1.95. The fraction of sp³-hybridized carbons (Fsp3) is 0.333. The highest BCUT2D eigenvalue weighted by Crippen LogP contribution is 2.17. The van der Waals surface area contributed by atoms with Gasteiger partial charge in [-0.3, -0.25) is 9.59 Å². The van der Waals surface area contributed by atoms with E-state index < -0.39 is 0 Å². The predicted octanol–water partition coefficient (Wildman–Crippen LogP) is 2.37. The molecule has 1 aromatic carbocycles. The molecule has 0 aromatic heterocycles. The molecule has 1 aromatic rings. The summed E-state index contributed by atoms with van der Waals surface area (Å²) in [5, 5.41) is 7.24.